The molecule has 0 radical (unpaired) electrons. The Labute approximate surface area is 147 Å². The van der Waals surface area contributed by atoms with E-state index in [9.17, 15) is 14.7 Å². The first-order valence-electron chi connectivity index (χ1n) is 8.80. The average molecular weight is 346 g/mol. The largest absolute Gasteiger partial charge is 0.465 e. The third-order valence-electron chi connectivity index (χ3n) is 4.76. The van der Waals surface area contributed by atoms with E-state index in [1.165, 1.54) is 4.90 Å². The topological polar surface area (TPSA) is 94.6 Å². The number of aromatic nitrogens is 1. The highest BCUT2D eigenvalue weighted by atomic mass is 16.4. The molecule has 0 aliphatic heterocycles. The number of rotatable bonds is 5. The summed E-state index contributed by atoms with van der Waals surface area (Å²) in [5.74, 6) is 0.835. The number of nitrogens with one attached hydrogen (secondary N) is 2. The summed E-state index contributed by atoms with van der Waals surface area (Å²) >= 11 is 0. The first-order valence-corrected chi connectivity index (χ1v) is 8.80. The molecule has 25 heavy (non-hydrogen) atoms. The Hall–Kier alpha value is -2.31. The lowest BCUT2D eigenvalue weighted by molar-refractivity contribution is -0.117. The van der Waals surface area contributed by atoms with Crippen molar-refractivity contribution in [2.24, 2.45) is 5.92 Å². The molecule has 7 heteroatoms. The van der Waals surface area contributed by atoms with E-state index in [-0.39, 0.29) is 23.9 Å². The van der Waals surface area contributed by atoms with Crippen LogP contribution in [0.5, 0.6) is 0 Å². The van der Waals surface area contributed by atoms with Gasteiger partial charge in [0.25, 0.3) is 0 Å². The molecule has 2 aliphatic carbocycles. The molecule has 2 amide bonds. The van der Waals surface area contributed by atoms with Crippen molar-refractivity contribution in [3.8, 4) is 0 Å². The fourth-order valence-corrected chi connectivity index (χ4v) is 3.30. The zero-order chi connectivity index (χ0) is 18.2. The summed E-state index contributed by atoms with van der Waals surface area (Å²) in [5, 5.41) is 15.7. The summed E-state index contributed by atoms with van der Waals surface area (Å²) in [4.78, 5) is 29.4. The van der Waals surface area contributed by atoms with Gasteiger partial charge in [0, 0.05) is 29.7 Å². The van der Waals surface area contributed by atoms with E-state index in [1.807, 2.05) is 26.8 Å². The number of hydrogen-bond donors (Lipinski definition) is 3. The van der Waals surface area contributed by atoms with Crippen LogP contribution in [-0.2, 0) is 4.79 Å². The minimum absolute atomic E-state index is 0.00298. The maximum absolute atomic E-state index is 12.0. The number of nitrogens with zero attached hydrogens (tertiary/aromatic N) is 2. The van der Waals surface area contributed by atoms with Crippen LogP contribution in [0.25, 0.3) is 0 Å². The van der Waals surface area contributed by atoms with E-state index in [0.717, 1.165) is 25.7 Å². The fourth-order valence-electron chi connectivity index (χ4n) is 3.30. The van der Waals surface area contributed by atoms with Crippen LogP contribution in [0.2, 0.25) is 0 Å². The number of carboxylic acid groups (broad SMARTS) is 1. The smallest absolute Gasteiger partial charge is 0.407 e. The summed E-state index contributed by atoms with van der Waals surface area (Å²) < 4.78 is 0. The Morgan fingerprint density at radius 1 is 1.28 bits per heavy atom. The molecule has 7 nitrogen and oxygen atoms in total. The molecule has 0 saturated heterocycles. The van der Waals surface area contributed by atoms with E-state index in [2.05, 4.69) is 15.6 Å². The molecule has 2 saturated carbocycles. The van der Waals surface area contributed by atoms with Crippen LogP contribution in [-0.4, -0.2) is 44.6 Å². The minimum Gasteiger partial charge on any atom is -0.465 e. The van der Waals surface area contributed by atoms with Crippen LogP contribution in [0.1, 0.15) is 46.5 Å². The Morgan fingerprint density at radius 3 is 2.52 bits per heavy atom. The highest BCUT2D eigenvalue weighted by Crippen LogP contribution is 2.35. The zero-order valence-electron chi connectivity index (χ0n) is 15.0. The zero-order valence-corrected chi connectivity index (χ0v) is 15.0. The quantitative estimate of drug-likeness (QED) is 0.761. The first kappa shape index (κ1) is 17.5. The molecule has 1 aromatic rings. The van der Waals surface area contributed by atoms with E-state index in [0.29, 0.717) is 11.5 Å². The molecule has 0 unspecified atom stereocenters. The maximum Gasteiger partial charge on any atom is 0.407 e. The van der Waals surface area contributed by atoms with E-state index in [4.69, 9.17) is 0 Å². The van der Waals surface area contributed by atoms with Crippen molar-refractivity contribution in [3.63, 3.8) is 0 Å². The number of carbonyl (C=O) groups is 2. The molecule has 2 aliphatic rings. The highest BCUT2D eigenvalue weighted by Gasteiger charge is 2.41. The van der Waals surface area contributed by atoms with Crippen LogP contribution in [0, 0.1) is 5.92 Å². The lowest BCUT2D eigenvalue weighted by atomic mass is 9.83. The van der Waals surface area contributed by atoms with Crippen LogP contribution in [0.4, 0.5) is 16.3 Å². The Kier molecular flexibility index (Phi) is 4.58. The van der Waals surface area contributed by atoms with Gasteiger partial charge in [-0.2, -0.15) is 0 Å². The number of amides is 2. The standard InChI is InChI=1S/C18H26N4O3/c1-18(2,3)22(17(24)25)13-9-12(10-13)20-15-14(5-4-8-19-15)21-16(23)11-6-7-11/h4-5,8,11-13H,6-7,9-10H2,1-3H3,(H,19,20)(H,21,23)(H,24,25)/t12-,13-. The Balaban J connectivity index is 1.60. The average Bonchev–Trinajstić information content (AvgIpc) is 3.29. The van der Waals surface area contributed by atoms with Gasteiger partial charge in [-0.25, -0.2) is 9.78 Å². The predicted octanol–water partition coefficient (Wildman–Crippen LogP) is 3.15. The fraction of sp³-hybridized carbons (Fsp3) is 0.611. The SMILES string of the molecule is CC(C)(C)N(C(=O)O)[C@H]1C[C@H](Nc2ncccc2NC(=O)C2CC2)C1. The molecule has 1 heterocycles. The van der Waals surface area contributed by atoms with Crippen molar-refractivity contribution in [1.29, 1.82) is 0 Å². The van der Waals surface area contributed by atoms with Gasteiger partial charge in [-0.3, -0.25) is 4.79 Å². The van der Waals surface area contributed by atoms with Gasteiger partial charge >= 0.3 is 6.09 Å². The molecule has 0 aromatic carbocycles. The van der Waals surface area contributed by atoms with Crippen LogP contribution in [0.3, 0.4) is 0 Å². The monoisotopic (exact) mass is 346 g/mol. The lowest BCUT2D eigenvalue weighted by Crippen LogP contribution is -2.58. The number of carbonyl (C=O) groups excluding carboxylic acids is 1. The number of pyridine rings is 1. The van der Waals surface area contributed by atoms with Gasteiger partial charge in [-0.15, -0.1) is 0 Å². The molecule has 1 aromatic heterocycles. The Bertz CT molecular complexity index is 661. The third-order valence-corrected chi connectivity index (χ3v) is 4.76. The van der Waals surface area contributed by atoms with Crippen molar-refractivity contribution in [1.82, 2.24) is 9.88 Å². The van der Waals surface area contributed by atoms with E-state index in [1.54, 1.807) is 12.3 Å². The second-order valence-electron chi connectivity index (χ2n) is 7.95. The maximum atomic E-state index is 12.0. The van der Waals surface area contributed by atoms with Crippen LogP contribution >= 0.6 is 0 Å². The Morgan fingerprint density at radius 2 is 1.96 bits per heavy atom. The third kappa shape index (κ3) is 4.03. The van der Waals surface area contributed by atoms with Gasteiger partial charge < -0.3 is 20.6 Å². The van der Waals surface area contributed by atoms with Gasteiger partial charge in [0.05, 0.1) is 5.69 Å². The van der Waals surface area contributed by atoms with Gasteiger partial charge in [0.15, 0.2) is 0 Å². The minimum atomic E-state index is -0.883. The van der Waals surface area contributed by atoms with Gasteiger partial charge in [-0.1, -0.05) is 0 Å². The second kappa shape index (κ2) is 6.54. The molecule has 136 valence electrons. The summed E-state index contributed by atoms with van der Waals surface area (Å²) in [6, 6.07) is 3.79. The summed E-state index contributed by atoms with van der Waals surface area (Å²) in [7, 11) is 0. The molecular formula is C18H26N4O3. The van der Waals surface area contributed by atoms with Crippen molar-refractivity contribution in [3.05, 3.63) is 18.3 Å². The lowest BCUT2D eigenvalue weighted by Gasteiger charge is -2.47. The molecular weight excluding hydrogens is 320 g/mol. The van der Waals surface area contributed by atoms with Crippen molar-refractivity contribution in [2.75, 3.05) is 10.6 Å². The van der Waals surface area contributed by atoms with Crippen LogP contribution in [0.15, 0.2) is 18.3 Å². The summed E-state index contributed by atoms with van der Waals surface area (Å²) in [6.07, 6.45) is 4.18. The number of anilines is 2. The van der Waals surface area contributed by atoms with Gasteiger partial charge in [-0.05, 0) is 58.6 Å². The normalized spacial score (nSPS) is 22.7. The molecule has 0 bridgehead atoms. The molecule has 0 atom stereocenters. The molecule has 3 N–H and O–H groups in total. The van der Waals surface area contributed by atoms with E-state index >= 15 is 0 Å². The summed E-state index contributed by atoms with van der Waals surface area (Å²) in [5.41, 5.74) is 0.268. The predicted molar refractivity (Wildman–Crippen MR) is 95.6 cm³/mol. The first-order chi connectivity index (χ1) is 11.8. The number of hydrogen-bond acceptors (Lipinski definition) is 4. The molecule has 0 spiro atoms. The van der Waals surface area contributed by atoms with E-state index < -0.39 is 11.6 Å². The second-order valence-corrected chi connectivity index (χ2v) is 7.95. The van der Waals surface area contributed by atoms with Crippen molar-refractivity contribution >= 4 is 23.5 Å². The van der Waals surface area contributed by atoms with Crippen molar-refractivity contribution in [2.45, 2.75) is 64.1 Å². The highest BCUT2D eigenvalue weighted by molar-refractivity contribution is 5.96. The molecule has 2 fully saturated rings. The van der Waals surface area contributed by atoms with Gasteiger partial charge in [0.1, 0.15) is 5.82 Å². The van der Waals surface area contributed by atoms with Crippen molar-refractivity contribution < 1.29 is 14.7 Å². The molecule has 3 rings (SSSR count). The van der Waals surface area contributed by atoms with Gasteiger partial charge in [0.2, 0.25) is 5.91 Å². The van der Waals surface area contributed by atoms with Crippen LogP contribution < -0.4 is 10.6 Å². The summed E-state index contributed by atoms with van der Waals surface area (Å²) in [6.45, 7) is 5.73.